The highest BCUT2D eigenvalue weighted by atomic mass is 32.2. The van der Waals surface area contributed by atoms with Crippen LogP contribution >= 0.6 is 0 Å². The van der Waals surface area contributed by atoms with E-state index in [1.807, 2.05) is 0 Å². The van der Waals surface area contributed by atoms with Crippen molar-refractivity contribution in [2.45, 2.75) is 4.90 Å². The molecule has 0 saturated heterocycles. The molecule has 3 rings (SSSR count). The molecule has 5 heteroatoms. The van der Waals surface area contributed by atoms with Gasteiger partial charge in [0.15, 0.2) is 9.84 Å². The lowest BCUT2D eigenvalue weighted by molar-refractivity contribution is 0.602. The zero-order valence-corrected chi connectivity index (χ0v) is 11.0. The van der Waals surface area contributed by atoms with Crippen LogP contribution in [-0.4, -0.2) is 19.1 Å². The first-order valence-electron chi connectivity index (χ1n) is 5.71. The molecule has 0 aliphatic carbocycles. The summed E-state index contributed by atoms with van der Waals surface area (Å²) in [5.74, 6) is 0. The third kappa shape index (κ3) is 1.92. The van der Waals surface area contributed by atoms with Crippen molar-refractivity contribution >= 4 is 26.1 Å². The number of aromatic nitrogens is 1. The van der Waals surface area contributed by atoms with Gasteiger partial charge in [0.2, 0.25) is 5.43 Å². The third-order valence-corrected chi connectivity index (χ3v) is 4.23. The Balaban J connectivity index is 2.55. The van der Waals surface area contributed by atoms with Crippen LogP contribution in [0.15, 0.2) is 58.5 Å². The summed E-state index contributed by atoms with van der Waals surface area (Å²) in [4.78, 5) is 12.6. The molecule has 0 N–H and O–H groups in total. The number of nitrogens with zero attached hydrogens (tertiary/aromatic N) is 1. The second-order valence-electron chi connectivity index (χ2n) is 4.47. The van der Waals surface area contributed by atoms with E-state index in [9.17, 15) is 13.2 Å². The molecule has 0 fully saturated rings. The van der Waals surface area contributed by atoms with Crippen molar-refractivity contribution in [3.05, 3.63) is 59.0 Å². The lowest BCUT2D eigenvalue weighted by atomic mass is 10.2. The van der Waals surface area contributed by atoms with Crippen LogP contribution in [0.5, 0.6) is 0 Å². The summed E-state index contributed by atoms with van der Waals surface area (Å²) >= 11 is 0. The van der Waals surface area contributed by atoms with Crippen LogP contribution < -0.4 is 5.43 Å². The Morgan fingerprint density at radius 3 is 2.58 bits per heavy atom. The summed E-state index contributed by atoms with van der Waals surface area (Å²) in [6.45, 7) is 0. The second kappa shape index (κ2) is 3.93. The van der Waals surface area contributed by atoms with Gasteiger partial charge >= 0.3 is 0 Å². The molecule has 0 atom stereocenters. The van der Waals surface area contributed by atoms with E-state index in [-0.39, 0.29) is 10.3 Å². The van der Waals surface area contributed by atoms with Crippen LogP contribution in [0.1, 0.15) is 0 Å². The molecule has 2 aromatic heterocycles. The van der Waals surface area contributed by atoms with Crippen molar-refractivity contribution in [3.8, 4) is 0 Å². The molecule has 4 nitrogen and oxygen atoms in total. The maximum atomic E-state index is 12.4. The predicted octanol–water partition coefficient (Wildman–Crippen LogP) is 1.86. The van der Waals surface area contributed by atoms with E-state index < -0.39 is 9.84 Å². The molecule has 1 aromatic carbocycles. The van der Waals surface area contributed by atoms with Crippen molar-refractivity contribution in [2.75, 3.05) is 6.26 Å². The molecule has 19 heavy (non-hydrogen) atoms. The van der Waals surface area contributed by atoms with E-state index in [4.69, 9.17) is 0 Å². The zero-order chi connectivity index (χ0) is 13.6. The van der Waals surface area contributed by atoms with Gasteiger partial charge in [-0.3, -0.25) is 4.79 Å². The van der Waals surface area contributed by atoms with Crippen LogP contribution in [-0.2, 0) is 9.84 Å². The quantitative estimate of drug-likeness (QED) is 0.680. The zero-order valence-electron chi connectivity index (χ0n) is 10.2. The molecule has 0 spiro atoms. The van der Waals surface area contributed by atoms with E-state index in [2.05, 4.69) is 0 Å². The topological polar surface area (TPSA) is 55.6 Å². The normalized spacial score (nSPS) is 12.1. The first-order chi connectivity index (χ1) is 8.97. The number of rotatable bonds is 1. The van der Waals surface area contributed by atoms with Gasteiger partial charge in [0.05, 0.1) is 10.4 Å². The van der Waals surface area contributed by atoms with Crippen molar-refractivity contribution in [1.82, 2.24) is 4.40 Å². The molecule has 0 radical (unpaired) electrons. The average Bonchev–Trinajstić information content (AvgIpc) is 2.78. The lowest BCUT2D eigenvalue weighted by Gasteiger charge is -1.98. The van der Waals surface area contributed by atoms with Gasteiger partial charge in [-0.05, 0) is 35.7 Å². The first-order valence-corrected chi connectivity index (χ1v) is 7.60. The molecular formula is C14H11NO3S. The van der Waals surface area contributed by atoms with Crippen molar-refractivity contribution in [1.29, 1.82) is 0 Å². The highest BCUT2D eigenvalue weighted by molar-refractivity contribution is 7.90. The van der Waals surface area contributed by atoms with Crippen LogP contribution in [0.3, 0.4) is 0 Å². The summed E-state index contributed by atoms with van der Waals surface area (Å²) < 4.78 is 24.9. The van der Waals surface area contributed by atoms with Crippen LogP contribution in [0, 0.1) is 0 Å². The minimum absolute atomic E-state index is 0.160. The highest BCUT2D eigenvalue weighted by Gasteiger charge is 2.09. The summed E-state index contributed by atoms with van der Waals surface area (Å²) in [6.07, 6.45) is 4.71. The van der Waals surface area contributed by atoms with Gasteiger partial charge in [0.25, 0.3) is 0 Å². The Hall–Kier alpha value is -2.14. The molecule has 3 aromatic rings. The highest BCUT2D eigenvalue weighted by Crippen LogP contribution is 2.16. The first kappa shape index (κ1) is 11.9. The van der Waals surface area contributed by atoms with Crippen molar-refractivity contribution in [3.63, 3.8) is 0 Å². The van der Waals surface area contributed by atoms with Gasteiger partial charge in [0.1, 0.15) is 0 Å². The number of fused-ring (bicyclic) bond motifs is 2. The van der Waals surface area contributed by atoms with E-state index in [0.29, 0.717) is 10.9 Å². The van der Waals surface area contributed by atoms with E-state index in [1.165, 1.54) is 12.1 Å². The van der Waals surface area contributed by atoms with Gasteiger partial charge in [0, 0.05) is 24.0 Å². The molecule has 0 saturated carbocycles. The summed E-state index contributed by atoms with van der Waals surface area (Å²) in [5, 5.41) is 1.14. The monoisotopic (exact) mass is 273 g/mol. The van der Waals surface area contributed by atoms with E-state index in [1.54, 1.807) is 41.1 Å². The van der Waals surface area contributed by atoms with Gasteiger partial charge < -0.3 is 4.40 Å². The Bertz CT molecular complexity index is 955. The maximum absolute atomic E-state index is 12.4. The minimum atomic E-state index is -3.32. The number of sulfone groups is 1. The van der Waals surface area contributed by atoms with Crippen LogP contribution in [0.4, 0.5) is 0 Å². The lowest BCUT2D eigenvalue weighted by Crippen LogP contribution is -2.02. The summed E-state index contributed by atoms with van der Waals surface area (Å²) in [7, 11) is -3.32. The van der Waals surface area contributed by atoms with Gasteiger partial charge in [-0.1, -0.05) is 6.07 Å². The largest absolute Gasteiger partial charge is 0.320 e. The van der Waals surface area contributed by atoms with E-state index >= 15 is 0 Å². The number of hydrogen-bond acceptors (Lipinski definition) is 3. The fourth-order valence-electron chi connectivity index (χ4n) is 2.12. The van der Waals surface area contributed by atoms with Crippen LogP contribution in [0.2, 0.25) is 0 Å². The van der Waals surface area contributed by atoms with Gasteiger partial charge in [-0.25, -0.2) is 8.42 Å². The second-order valence-corrected chi connectivity index (χ2v) is 6.48. The predicted molar refractivity (Wildman–Crippen MR) is 74.3 cm³/mol. The van der Waals surface area contributed by atoms with Gasteiger partial charge in [-0.15, -0.1) is 0 Å². The fraction of sp³-hybridized carbons (Fsp3) is 0.0714. The maximum Gasteiger partial charge on any atom is 0.210 e. The Morgan fingerprint density at radius 1 is 1.05 bits per heavy atom. The van der Waals surface area contributed by atoms with Crippen molar-refractivity contribution in [2.24, 2.45) is 0 Å². The molecule has 0 aliphatic rings. The van der Waals surface area contributed by atoms with Crippen LogP contribution in [0.25, 0.3) is 16.3 Å². The Labute approximate surface area is 109 Å². The third-order valence-electron chi connectivity index (χ3n) is 3.12. The molecule has 2 heterocycles. The molecule has 0 bridgehead atoms. The fourth-order valence-corrected chi connectivity index (χ4v) is 2.77. The SMILES string of the molecule is CS(=O)(=O)c1ccc2ccn3cccc3c(=O)c2c1. The van der Waals surface area contributed by atoms with Crippen molar-refractivity contribution < 1.29 is 8.42 Å². The molecular weight excluding hydrogens is 262 g/mol. The summed E-state index contributed by atoms with van der Waals surface area (Å²) in [6, 6.07) is 9.92. The number of benzene rings is 1. The standard InChI is InChI=1S/C14H11NO3S/c1-19(17,18)11-5-4-10-6-8-15-7-2-3-13(15)14(16)12(10)9-11/h2-9H,1H3. The average molecular weight is 273 g/mol. The Morgan fingerprint density at radius 2 is 1.84 bits per heavy atom. The summed E-state index contributed by atoms with van der Waals surface area (Å²) in [5.41, 5.74) is 0.358. The van der Waals surface area contributed by atoms with Gasteiger partial charge in [-0.2, -0.15) is 0 Å². The molecule has 0 aliphatic heterocycles. The Kier molecular flexibility index (Phi) is 2.46. The minimum Gasteiger partial charge on any atom is -0.320 e. The number of hydrogen-bond donors (Lipinski definition) is 0. The smallest absolute Gasteiger partial charge is 0.210 e. The van der Waals surface area contributed by atoms with E-state index in [0.717, 1.165) is 11.6 Å². The molecule has 0 unspecified atom stereocenters. The molecule has 96 valence electrons. The molecule has 0 amide bonds.